The van der Waals surface area contributed by atoms with Crippen molar-refractivity contribution in [3.8, 4) is 0 Å². The lowest BCUT2D eigenvalue weighted by atomic mass is 9.94. The molecule has 1 aromatic heterocycles. The van der Waals surface area contributed by atoms with Crippen molar-refractivity contribution in [3.63, 3.8) is 0 Å². The second kappa shape index (κ2) is 7.68. The highest BCUT2D eigenvalue weighted by atomic mass is 35.5. The smallest absolute Gasteiger partial charge is 0.131 e. The van der Waals surface area contributed by atoms with Gasteiger partial charge in [-0.3, -0.25) is 4.68 Å². The molecule has 130 valence electrons. The van der Waals surface area contributed by atoms with Gasteiger partial charge < -0.3 is 10.2 Å². The third-order valence-corrected chi connectivity index (χ3v) is 5.55. The normalized spacial score (nSPS) is 18.4. The first-order valence-electron chi connectivity index (χ1n) is 8.73. The maximum atomic E-state index is 6.27. The van der Waals surface area contributed by atoms with Crippen molar-refractivity contribution >= 4 is 11.6 Å². The molecule has 0 bridgehead atoms. The average molecular weight is 347 g/mol. The largest absolute Gasteiger partial charge is 0.311 e. The quantitative estimate of drug-likeness (QED) is 0.815. The molecule has 1 N–H and O–H groups in total. The van der Waals surface area contributed by atoms with E-state index in [9.17, 15) is 0 Å². The molecule has 1 aliphatic rings. The van der Waals surface area contributed by atoms with Crippen molar-refractivity contribution in [1.29, 1.82) is 0 Å². The Bertz CT molecular complexity index is 695. The molecule has 0 saturated carbocycles. The number of hydrogen-bond acceptors (Lipinski definition) is 3. The number of nitrogens with zero attached hydrogens (tertiary/aromatic N) is 3. The van der Waals surface area contributed by atoms with E-state index in [-0.39, 0.29) is 0 Å². The van der Waals surface area contributed by atoms with Crippen LogP contribution in [0.25, 0.3) is 0 Å². The molecule has 4 nitrogen and oxygen atoms in total. The van der Waals surface area contributed by atoms with Crippen LogP contribution in [0.15, 0.2) is 24.3 Å². The Morgan fingerprint density at radius 3 is 2.79 bits per heavy atom. The molecule has 2 aromatic rings. The zero-order chi connectivity index (χ0) is 17.1. The molecule has 1 aliphatic heterocycles. The summed E-state index contributed by atoms with van der Waals surface area (Å²) in [6.45, 7) is 9.43. The molecule has 5 heteroatoms. The number of nitrogens with one attached hydrogen (secondary N) is 1. The van der Waals surface area contributed by atoms with E-state index in [2.05, 4.69) is 46.5 Å². The van der Waals surface area contributed by atoms with Gasteiger partial charge in [0.1, 0.15) is 5.15 Å². The predicted octanol–water partition coefficient (Wildman–Crippen LogP) is 3.27. The van der Waals surface area contributed by atoms with Crippen LogP contribution < -0.4 is 5.32 Å². The summed E-state index contributed by atoms with van der Waals surface area (Å²) < 4.78 is 1.74. The lowest BCUT2D eigenvalue weighted by Crippen LogP contribution is -2.30. The van der Waals surface area contributed by atoms with Gasteiger partial charge in [0.2, 0.25) is 0 Å². The molecule has 0 radical (unpaired) electrons. The van der Waals surface area contributed by atoms with Crippen LogP contribution >= 0.6 is 11.6 Å². The Kier molecular flexibility index (Phi) is 5.59. The van der Waals surface area contributed by atoms with E-state index in [4.69, 9.17) is 11.6 Å². The number of benzene rings is 1. The first-order valence-corrected chi connectivity index (χ1v) is 9.10. The number of likely N-dealkylation sites (tertiary alicyclic amines) is 1. The highest BCUT2D eigenvalue weighted by Gasteiger charge is 2.24. The molecule has 0 amide bonds. The Hall–Kier alpha value is -1.36. The van der Waals surface area contributed by atoms with Gasteiger partial charge in [-0.15, -0.1) is 0 Å². The molecule has 3 rings (SSSR count). The maximum Gasteiger partial charge on any atom is 0.131 e. The Morgan fingerprint density at radius 1 is 1.29 bits per heavy atom. The van der Waals surface area contributed by atoms with E-state index in [1.54, 1.807) is 4.68 Å². The van der Waals surface area contributed by atoms with Crippen LogP contribution in [0.4, 0.5) is 0 Å². The van der Waals surface area contributed by atoms with Crippen molar-refractivity contribution in [2.45, 2.75) is 32.7 Å². The fraction of sp³-hybridized carbons (Fsp3) is 0.526. The zero-order valence-corrected chi connectivity index (χ0v) is 15.6. The first-order chi connectivity index (χ1) is 11.6. The van der Waals surface area contributed by atoms with Crippen LogP contribution in [-0.2, 0) is 13.6 Å². The average Bonchev–Trinajstić information content (AvgIpc) is 3.11. The number of rotatable bonds is 6. The highest BCUT2D eigenvalue weighted by Crippen LogP contribution is 2.28. The van der Waals surface area contributed by atoms with Gasteiger partial charge in [0.05, 0.1) is 5.69 Å². The van der Waals surface area contributed by atoms with Gasteiger partial charge in [-0.05, 0) is 43.9 Å². The standard InChI is InChI=1S/C19H27ClN4/c1-14-6-4-5-7-17(14)16-8-10-24(13-16)11-9-21-12-18-15(2)22-23(3)19(18)20/h4-7,16,21H,8-13H2,1-3H3. The van der Waals surface area contributed by atoms with Crippen molar-refractivity contribution in [2.75, 3.05) is 26.2 Å². The number of aromatic nitrogens is 2. The summed E-state index contributed by atoms with van der Waals surface area (Å²) in [5.74, 6) is 0.682. The van der Waals surface area contributed by atoms with Gasteiger partial charge in [-0.2, -0.15) is 5.10 Å². The Morgan fingerprint density at radius 2 is 2.08 bits per heavy atom. The summed E-state index contributed by atoms with van der Waals surface area (Å²) in [5, 5.41) is 8.60. The van der Waals surface area contributed by atoms with Crippen LogP contribution in [-0.4, -0.2) is 40.9 Å². The molecular formula is C19H27ClN4. The molecular weight excluding hydrogens is 320 g/mol. The summed E-state index contributed by atoms with van der Waals surface area (Å²) in [7, 11) is 1.88. The number of halogens is 1. The minimum absolute atomic E-state index is 0.682. The molecule has 0 spiro atoms. The fourth-order valence-corrected chi connectivity index (χ4v) is 3.90. The zero-order valence-electron chi connectivity index (χ0n) is 14.8. The predicted molar refractivity (Wildman–Crippen MR) is 99.6 cm³/mol. The molecule has 1 atom stereocenters. The molecule has 1 fully saturated rings. The van der Waals surface area contributed by atoms with Crippen molar-refractivity contribution < 1.29 is 0 Å². The molecule has 0 aliphatic carbocycles. The molecule has 1 unspecified atom stereocenters. The SMILES string of the molecule is Cc1ccccc1C1CCN(CCNCc2c(C)nn(C)c2Cl)C1. The summed E-state index contributed by atoms with van der Waals surface area (Å²) in [5.41, 5.74) is 5.06. The number of aryl methyl sites for hydroxylation is 3. The van der Waals surface area contributed by atoms with Gasteiger partial charge in [-0.1, -0.05) is 35.9 Å². The lowest BCUT2D eigenvalue weighted by molar-refractivity contribution is 0.331. The van der Waals surface area contributed by atoms with Crippen LogP contribution in [0.2, 0.25) is 5.15 Å². The molecule has 1 aromatic carbocycles. The van der Waals surface area contributed by atoms with Crippen molar-refractivity contribution in [2.24, 2.45) is 7.05 Å². The van der Waals surface area contributed by atoms with Gasteiger partial charge in [0.25, 0.3) is 0 Å². The second-order valence-corrected chi connectivity index (χ2v) is 7.16. The Balaban J connectivity index is 1.44. The maximum absolute atomic E-state index is 6.27. The van der Waals surface area contributed by atoms with Crippen LogP contribution in [0, 0.1) is 13.8 Å². The van der Waals surface area contributed by atoms with Gasteiger partial charge in [0, 0.05) is 38.8 Å². The first kappa shape index (κ1) is 17.5. The minimum atomic E-state index is 0.682. The summed E-state index contributed by atoms with van der Waals surface area (Å²) >= 11 is 6.27. The number of hydrogen-bond donors (Lipinski definition) is 1. The van der Waals surface area contributed by atoms with E-state index in [0.29, 0.717) is 5.92 Å². The van der Waals surface area contributed by atoms with Crippen molar-refractivity contribution in [1.82, 2.24) is 20.0 Å². The minimum Gasteiger partial charge on any atom is -0.311 e. The third-order valence-electron chi connectivity index (χ3n) is 5.08. The van der Waals surface area contributed by atoms with E-state index in [1.807, 2.05) is 14.0 Å². The van der Waals surface area contributed by atoms with Crippen LogP contribution in [0.5, 0.6) is 0 Å². The molecule has 24 heavy (non-hydrogen) atoms. The van der Waals surface area contributed by atoms with E-state index in [1.165, 1.54) is 30.6 Å². The molecule has 2 heterocycles. The van der Waals surface area contributed by atoms with Crippen LogP contribution in [0.1, 0.15) is 34.7 Å². The van der Waals surface area contributed by atoms with E-state index >= 15 is 0 Å². The highest BCUT2D eigenvalue weighted by molar-refractivity contribution is 6.30. The van der Waals surface area contributed by atoms with Gasteiger partial charge >= 0.3 is 0 Å². The summed E-state index contributed by atoms with van der Waals surface area (Å²) in [6.07, 6.45) is 1.26. The summed E-state index contributed by atoms with van der Waals surface area (Å²) in [6, 6.07) is 8.79. The monoisotopic (exact) mass is 346 g/mol. The topological polar surface area (TPSA) is 33.1 Å². The van der Waals surface area contributed by atoms with Gasteiger partial charge in [0.15, 0.2) is 0 Å². The van der Waals surface area contributed by atoms with E-state index in [0.717, 1.165) is 36.0 Å². The van der Waals surface area contributed by atoms with Gasteiger partial charge in [-0.25, -0.2) is 0 Å². The third kappa shape index (κ3) is 3.82. The summed E-state index contributed by atoms with van der Waals surface area (Å²) in [4.78, 5) is 2.56. The second-order valence-electron chi connectivity index (χ2n) is 6.80. The fourth-order valence-electron chi connectivity index (χ4n) is 3.66. The van der Waals surface area contributed by atoms with Crippen LogP contribution in [0.3, 0.4) is 0 Å². The Labute approximate surface area is 149 Å². The van der Waals surface area contributed by atoms with E-state index < -0.39 is 0 Å². The lowest BCUT2D eigenvalue weighted by Gasteiger charge is -2.17. The van der Waals surface area contributed by atoms with Crippen molar-refractivity contribution in [3.05, 3.63) is 51.8 Å². The molecule has 1 saturated heterocycles.